The highest BCUT2D eigenvalue weighted by Crippen LogP contribution is 2.38. The van der Waals surface area contributed by atoms with E-state index in [0.717, 1.165) is 41.7 Å². The van der Waals surface area contributed by atoms with Crippen molar-refractivity contribution in [2.75, 3.05) is 12.4 Å². The van der Waals surface area contributed by atoms with Crippen molar-refractivity contribution in [1.29, 1.82) is 5.41 Å². The molecule has 40 heavy (non-hydrogen) atoms. The summed E-state index contributed by atoms with van der Waals surface area (Å²) in [7, 11) is 1.33. The number of benzene rings is 1. The molecule has 5 aromatic rings. The molecule has 9 nitrogen and oxygen atoms in total. The molecule has 0 saturated carbocycles. The van der Waals surface area contributed by atoms with Gasteiger partial charge in [0, 0.05) is 17.6 Å². The molecule has 0 radical (unpaired) electrons. The largest absolute Gasteiger partial charge is 0.465 e. The number of amides is 1. The first kappa shape index (κ1) is 25.7. The number of aromatic nitrogens is 3. The molecular formula is C30H27N5O4S. The Morgan fingerprint density at radius 3 is 2.67 bits per heavy atom. The Balaban J connectivity index is 1.48. The fraction of sp³-hybridized carbons (Fsp3) is 0.233. The van der Waals surface area contributed by atoms with E-state index in [1.165, 1.54) is 28.9 Å². The average Bonchev–Trinajstić information content (AvgIpc) is 3.34. The van der Waals surface area contributed by atoms with Crippen molar-refractivity contribution in [3.63, 3.8) is 0 Å². The van der Waals surface area contributed by atoms with Crippen LogP contribution >= 0.6 is 11.3 Å². The zero-order valence-electron chi connectivity index (χ0n) is 21.9. The maximum absolute atomic E-state index is 13.7. The van der Waals surface area contributed by atoms with Crippen molar-refractivity contribution in [3.05, 3.63) is 104 Å². The maximum atomic E-state index is 13.7. The van der Waals surface area contributed by atoms with E-state index in [4.69, 9.17) is 15.1 Å². The van der Waals surface area contributed by atoms with Crippen LogP contribution in [0.2, 0.25) is 0 Å². The molecule has 1 aromatic carbocycles. The van der Waals surface area contributed by atoms with E-state index in [9.17, 15) is 14.4 Å². The van der Waals surface area contributed by atoms with E-state index in [1.807, 2.05) is 30.3 Å². The predicted molar refractivity (Wildman–Crippen MR) is 153 cm³/mol. The van der Waals surface area contributed by atoms with Crippen molar-refractivity contribution in [1.82, 2.24) is 14.0 Å². The molecule has 2 N–H and O–H groups in total. The maximum Gasteiger partial charge on any atom is 0.341 e. The lowest BCUT2D eigenvalue weighted by Gasteiger charge is -2.15. The monoisotopic (exact) mass is 553 g/mol. The number of ether oxygens (including phenoxy) is 1. The van der Waals surface area contributed by atoms with Crippen LogP contribution in [0.15, 0.2) is 65.6 Å². The van der Waals surface area contributed by atoms with Gasteiger partial charge in [-0.3, -0.25) is 19.4 Å². The second-order valence-electron chi connectivity index (χ2n) is 9.74. The second-order valence-corrected chi connectivity index (χ2v) is 10.8. The number of anilines is 1. The van der Waals surface area contributed by atoms with Gasteiger partial charge in [0.1, 0.15) is 21.8 Å². The molecule has 0 spiro atoms. The van der Waals surface area contributed by atoms with Gasteiger partial charge in [-0.15, -0.1) is 11.3 Å². The van der Waals surface area contributed by atoms with Crippen LogP contribution in [0.1, 0.15) is 49.6 Å². The summed E-state index contributed by atoms with van der Waals surface area (Å²) in [6.45, 7) is 0.344. The lowest BCUT2D eigenvalue weighted by molar-refractivity contribution is 0.0601. The van der Waals surface area contributed by atoms with Gasteiger partial charge in [-0.2, -0.15) is 0 Å². The summed E-state index contributed by atoms with van der Waals surface area (Å²) in [5.41, 5.74) is 2.80. The fourth-order valence-electron chi connectivity index (χ4n) is 5.31. The molecular weight excluding hydrogens is 526 g/mol. The topological polar surface area (TPSA) is 119 Å². The number of nitrogens with one attached hydrogen (secondary N) is 2. The third-order valence-electron chi connectivity index (χ3n) is 7.32. The molecule has 4 heterocycles. The summed E-state index contributed by atoms with van der Waals surface area (Å²) in [6.07, 6.45) is 5.79. The van der Waals surface area contributed by atoms with E-state index < -0.39 is 11.9 Å². The first-order valence-corrected chi connectivity index (χ1v) is 14.0. The van der Waals surface area contributed by atoms with Crippen LogP contribution in [0.4, 0.5) is 5.00 Å². The molecule has 1 aliphatic rings. The highest BCUT2D eigenvalue weighted by Gasteiger charge is 2.28. The Morgan fingerprint density at radius 1 is 1.10 bits per heavy atom. The molecule has 10 heteroatoms. The van der Waals surface area contributed by atoms with Gasteiger partial charge in [-0.25, -0.2) is 9.78 Å². The quantitative estimate of drug-likeness (QED) is 0.239. The van der Waals surface area contributed by atoms with Crippen LogP contribution in [0.3, 0.4) is 0 Å². The summed E-state index contributed by atoms with van der Waals surface area (Å²) in [4.78, 5) is 45.7. The Kier molecular flexibility index (Phi) is 6.77. The summed E-state index contributed by atoms with van der Waals surface area (Å²) in [5.74, 6) is -1.06. The molecule has 0 unspecified atom stereocenters. The third-order valence-corrected chi connectivity index (χ3v) is 8.52. The van der Waals surface area contributed by atoms with Gasteiger partial charge in [0.25, 0.3) is 11.5 Å². The minimum absolute atomic E-state index is 0.0255. The van der Waals surface area contributed by atoms with Crippen molar-refractivity contribution in [2.24, 2.45) is 0 Å². The van der Waals surface area contributed by atoms with Crippen LogP contribution in [0.5, 0.6) is 0 Å². The van der Waals surface area contributed by atoms with E-state index in [-0.39, 0.29) is 22.0 Å². The fourth-order valence-corrected chi connectivity index (χ4v) is 6.58. The number of pyridine rings is 2. The van der Waals surface area contributed by atoms with Crippen LogP contribution in [0, 0.1) is 5.41 Å². The normalized spacial score (nSPS) is 12.8. The number of rotatable bonds is 6. The van der Waals surface area contributed by atoms with Gasteiger partial charge in [-0.05, 0) is 61.4 Å². The molecule has 0 bridgehead atoms. The van der Waals surface area contributed by atoms with Gasteiger partial charge >= 0.3 is 5.97 Å². The van der Waals surface area contributed by atoms with Gasteiger partial charge in [0.05, 0.1) is 23.6 Å². The number of fused-ring (bicyclic) bond motifs is 3. The molecule has 202 valence electrons. The molecule has 6 rings (SSSR count). The van der Waals surface area contributed by atoms with Crippen LogP contribution in [0.25, 0.3) is 16.7 Å². The Bertz CT molecular complexity index is 1910. The van der Waals surface area contributed by atoms with Crippen LogP contribution in [-0.4, -0.2) is 32.9 Å². The summed E-state index contributed by atoms with van der Waals surface area (Å²) in [6, 6.07) is 16.5. The Morgan fingerprint density at radius 2 is 1.88 bits per heavy atom. The molecule has 0 aliphatic heterocycles. The molecule has 0 fully saturated rings. The van der Waals surface area contributed by atoms with Crippen molar-refractivity contribution >= 4 is 44.9 Å². The van der Waals surface area contributed by atoms with E-state index in [1.54, 1.807) is 29.0 Å². The van der Waals surface area contributed by atoms with Crippen molar-refractivity contribution in [2.45, 2.75) is 38.6 Å². The number of thiophene rings is 1. The van der Waals surface area contributed by atoms with Crippen LogP contribution in [-0.2, 0) is 30.5 Å². The Hall–Kier alpha value is -4.57. The SMILES string of the molecule is COC(=O)c1c(NC(=O)c2cc3c(=O)n4ccccc4nc3n(CCc3ccccc3)c2=N)sc2c1CCCC2. The van der Waals surface area contributed by atoms with E-state index >= 15 is 0 Å². The highest BCUT2D eigenvalue weighted by molar-refractivity contribution is 7.17. The predicted octanol–water partition coefficient (Wildman–Crippen LogP) is 4.35. The summed E-state index contributed by atoms with van der Waals surface area (Å²) < 4.78 is 8.09. The van der Waals surface area contributed by atoms with Crippen molar-refractivity contribution in [3.8, 4) is 0 Å². The number of nitrogens with zero attached hydrogens (tertiary/aromatic N) is 3. The first-order chi connectivity index (χ1) is 19.5. The molecule has 1 amide bonds. The highest BCUT2D eigenvalue weighted by atomic mass is 32.1. The van der Waals surface area contributed by atoms with E-state index in [2.05, 4.69) is 5.32 Å². The third kappa shape index (κ3) is 4.50. The van der Waals surface area contributed by atoms with Crippen LogP contribution < -0.4 is 16.4 Å². The minimum Gasteiger partial charge on any atom is -0.465 e. The van der Waals surface area contributed by atoms with Gasteiger partial charge in [-0.1, -0.05) is 36.4 Å². The zero-order chi connectivity index (χ0) is 27.8. The molecule has 0 atom stereocenters. The second kappa shape index (κ2) is 10.5. The van der Waals surface area contributed by atoms with Gasteiger partial charge in [0.15, 0.2) is 0 Å². The summed E-state index contributed by atoms with van der Waals surface area (Å²) in [5, 5.41) is 12.6. The number of esters is 1. The number of methoxy groups -OCH3 is 1. The summed E-state index contributed by atoms with van der Waals surface area (Å²) >= 11 is 1.38. The van der Waals surface area contributed by atoms with Gasteiger partial charge in [0.2, 0.25) is 0 Å². The lowest BCUT2D eigenvalue weighted by Crippen LogP contribution is -2.32. The minimum atomic E-state index is -0.568. The van der Waals surface area contributed by atoms with E-state index in [0.29, 0.717) is 34.8 Å². The molecule has 0 saturated heterocycles. The number of aryl methyl sites for hydroxylation is 3. The standard InChI is InChI=1S/C30H27N5O4S/c1-39-30(38)24-19-11-5-6-12-22(19)40-28(24)33-27(36)20-17-21-26(32-23-13-7-8-15-34(23)29(21)37)35(25(20)31)16-14-18-9-3-2-4-10-18/h2-4,7-10,13,15,17,31H,5-6,11-12,14,16H2,1H3,(H,33,36). The number of hydrogen-bond donors (Lipinski definition) is 2. The van der Waals surface area contributed by atoms with Crippen molar-refractivity contribution < 1.29 is 14.3 Å². The number of carbonyl (C=O) groups is 2. The number of carbonyl (C=O) groups excluding carboxylic acids is 2. The Labute approximate surface area is 233 Å². The average molecular weight is 554 g/mol. The number of hydrogen-bond acceptors (Lipinski definition) is 7. The molecule has 4 aromatic heterocycles. The first-order valence-electron chi connectivity index (χ1n) is 13.1. The van der Waals surface area contributed by atoms with Gasteiger partial charge < -0.3 is 14.6 Å². The smallest absolute Gasteiger partial charge is 0.341 e. The zero-order valence-corrected chi connectivity index (χ0v) is 22.7. The molecule has 1 aliphatic carbocycles. The lowest BCUT2D eigenvalue weighted by atomic mass is 9.95.